The molecule has 1 rings (SSSR count). The Bertz CT molecular complexity index is 426. The van der Waals surface area contributed by atoms with Crippen LogP contribution in [-0.4, -0.2) is 29.9 Å². The van der Waals surface area contributed by atoms with Crippen molar-refractivity contribution >= 4 is 22.4 Å². The van der Waals surface area contributed by atoms with Crippen LogP contribution in [0.2, 0.25) is 0 Å². The van der Waals surface area contributed by atoms with E-state index < -0.39 is 11.8 Å². The molecule has 1 heterocycles. The van der Waals surface area contributed by atoms with Crippen LogP contribution in [0.3, 0.4) is 0 Å². The van der Waals surface area contributed by atoms with Gasteiger partial charge in [0.15, 0.2) is 5.13 Å². The number of allylic oxidation sites excluding steroid dienone is 1. The molecule has 7 heteroatoms. The van der Waals surface area contributed by atoms with E-state index in [2.05, 4.69) is 15.6 Å². The van der Waals surface area contributed by atoms with E-state index in [9.17, 15) is 13.6 Å². The molecule has 0 aliphatic carbocycles. The van der Waals surface area contributed by atoms with Gasteiger partial charge in [-0.15, -0.1) is 11.3 Å². The Balaban J connectivity index is 2.18. The molecule has 0 bridgehead atoms. The smallest absolute Gasteiger partial charge is 0.264 e. The molecule has 0 saturated heterocycles. The van der Waals surface area contributed by atoms with Crippen molar-refractivity contribution in [1.29, 1.82) is 0 Å². The summed E-state index contributed by atoms with van der Waals surface area (Å²) in [6.07, 6.45) is 1.41. The summed E-state index contributed by atoms with van der Waals surface area (Å²) in [5, 5.41) is 8.19. The van der Waals surface area contributed by atoms with Crippen molar-refractivity contribution in [3.63, 3.8) is 0 Å². The van der Waals surface area contributed by atoms with E-state index >= 15 is 0 Å². The molecule has 0 radical (unpaired) electrons. The molecule has 0 atom stereocenters. The van der Waals surface area contributed by atoms with Gasteiger partial charge in [-0.25, -0.2) is 13.8 Å². The predicted molar refractivity (Wildman–Crippen MR) is 68.1 cm³/mol. The lowest BCUT2D eigenvalue weighted by Crippen LogP contribution is -2.27. The Morgan fingerprint density at radius 1 is 1.56 bits per heavy atom. The van der Waals surface area contributed by atoms with Gasteiger partial charge in [-0.3, -0.25) is 4.79 Å². The predicted octanol–water partition coefficient (Wildman–Crippen LogP) is 2.19. The molecule has 100 valence electrons. The van der Waals surface area contributed by atoms with Gasteiger partial charge in [-0.1, -0.05) is 0 Å². The van der Waals surface area contributed by atoms with Crippen molar-refractivity contribution in [2.75, 3.05) is 18.4 Å². The largest absolute Gasteiger partial charge is 0.360 e. The molecule has 0 spiro atoms. The van der Waals surface area contributed by atoms with Gasteiger partial charge in [0, 0.05) is 31.5 Å². The summed E-state index contributed by atoms with van der Waals surface area (Å²) in [6, 6.07) is 0. The first-order chi connectivity index (χ1) is 8.37. The average molecular weight is 275 g/mol. The highest BCUT2D eigenvalue weighted by Gasteiger charge is 2.15. The van der Waals surface area contributed by atoms with Gasteiger partial charge >= 0.3 is 0 Å². The van der Waals surface area contributed by atoms with Crippen LogP contribution in [0.5, 0.6) is 0 Å². The summed E-state index contributed by atoms with van der Waals surface area (Å²) in [4.78, 5) is 15.3. The number of alkyl halides is 2. The van der Waals surface area contributed by atoms with Gasteiger partial charge < -0.3 is 10.6 Å². The van der Waals surface area contributed by atoms with Gasteiger partial charge in [0.25, 0.3) is 5.92 Å². The molecule has 0 saturated carbocycles. The number of thiazole rings is 1. The van der Waals surface area contributed by atoms with E-state index in [0.717, 1.165) is 23.8 Å². The van der Waals surface area contributed by atoms with Crippen LogP contribution in [-0.2, 0) is 4.79 Å². The molecule has 1 amide bonds. The first-order valence-electron chi connectivity index (χ1n) is 5.38. The van der Waals surface area contributed by atoms with Crippen LogP contribution < -0.4 is 10.6 Å². The summed E-state index contributed by atoms with van der Waals surface area (Å²) in [7, 11) is 0. The van der Waals surface area contributed by atoms with Crippen molar-refractivity contribution in [1.82, 2.24) is 10.3 Å². The van der Waals surface area contributed by atoms with E-state index in [4.69, 9.17) is 0 Å². The average Bonchev–Trinajstić information content (AvgIpc) is 2.67. The highest BCUT2D eigenvalue weighted by Crippen LogP contribution is 2.13. The quantitative estimate of drug-likeness (QED) is 0.618. The van der Waals surface area contributed by atoms with Gasteiger partial charge in [-0.2, -0.15) is 0 Å². The minimum atomic E-state index is -2.96. The first kappa shape index (κ1) is 14.6. The fourth-order valence-electron chi connectivity index (χ4n) is 1.07. The number of hydrogen-bond acceptors (Lipinski definition) is 4. The summed E-state index contributed by atoms with van der Waals surface area (Å²) in [5.74, 6) is -3.50. The molecule has 4 nitrogen and oxygen atoms in total. The third kappa shape index (κ3) is 6.29. The van der Waals surface area contributed by atoms with Crippen molar-refractivity contribution in [3.05, 3.63) is 23.2 Å². The van der Waals surface area contributed by atoms with E-state index in [0.29, 0.717) is 19.2 Å². The number of rotatable bonds is 6. The Hall–Kier alpha value is -1.50. The molecule has 0 aromatic carbocycles. The van der Waals surface area contributed by atoms with Crippen LogP contribution >= 0.6 is 11.3 Å². The molecule has 1 aromatic rings. The molecule has 0 aliphatic rings. The number of nitrogens with one attached hydrogen (secondary N) is 2. The van der Waals surface area contributed by atoms with E-state index in [1.165, 1.54) is 11.3 Å². The van der Waals surface area contributed by atoms with Crippen LogP contribution in [0.4, 0.5) is 13.9 Å². The SMILES string of the molecule is Cc1csc(NCCNC(=O)/C=C/C(C)(F)F)n1. The van der Waals surface area contributed by atoms with Crippen LogP contribution in [0, 0.1) is 6.92 Å². The lowest BCUT2D eigenvalue weighted by atomic mass is 10.3. The fraction of sp³-hybridized carbons (Fsp3) is 0.455. The number of halogens is 2. The second kappa shape index (κ2) is 6.44. The van der Waals surface area contributed by atoms with E-state index in [1.54, 1.807) is 0 Å². The Morgan fingerprint density at radius 3 is 2.83 bits per heavy atom. The summed E-state index contributed by atoms with van der Waals surface area (Å²) in [6.45, 7) is 3.45. The zero-order chi connectivity index (χ0) is 13.6. The number of aryl methyl sites for hydroxylation is 1. The standard InChI is InChI=1S/C11H15F2N3OS/c1-8-7-18-10(16-8)15-6-5-14-9(17)3-4-11(2,12)13/h3-4,7H,5-6H2,1-2H3,(H,14,17)(H,15,16)/b4-3+. The number of nitrogens with zero attached hydrogens (tertiary/aromatic N) is 1. The van der Waals surface area contributed by atoms with Gasteiger partial charge in [0.05, 0.1) is 5.69 Å². The number of hydrogen-bond donors (Lipinski definition) is 2. The maximum atomic E-state index is 12.4. The highest BCUT2D eigenvalue weighted by molar-refractivity contribution is 7.13. The zero-order valence-electron chi connectivity index (χ0n) is 10.2. The Kier molecular flexibility index (Phi) is 5.21. The Morgan fingerprint density at radius 2 is 2.28 bits per heavy atom. The summed E-state index contributed by atoms with van der Waals surface area (Å²) < 4.78 is 24.8. The monoisotopic (exact) mass is 275 g/mol. The number of anilines is 1. The molecule has 0 aliphatic heterocycles. The minimum absolute atomic E-state index is 0.344. The van der Waals surface area contributed by atoms with Crippen molar-refractivity contribution < 1.29 is 13.6 Å². The van der Waals surface area contributed by atoms with Gasteiger partial charge in [-0.05, 0) is 13.0 Å². The summed E-state index contributed by atoms with van der Waals surface area (Å²) in [5.41, 5.74) is 0.930. The van der Waals surface area contributed by atoms with Crippen molar-refractivity contribution in [2.24, 2.45) is 0 Å². The molecular weight excluding hydrogens is 260 g/mol. The van der Waals surface area contributed by atoms with Crippen molar-refractivity contribution in [2.45, 2.75) is 19.8 Å². The first-order valence-corrected chi connectivity index (χ1v) is 6.26. The van der Waals surface area contributed by atoms with E-state index in [-0.39, 0.29) is 0 Å². The fourth-order valence-corrected chi connectivity index (χ4v) is 1.79. The lowest BCUT2D eigenvalue weighted by Gasteiger charge is -2.04. The highest BCUT2D eigenvalue weighted by atomic mass is 32.1. The van der Waals surface area contributed by atoms with Crippen LogP contribution in [0.15, 0.2) is 17.5 Å². The molecule has 1 aromatic heterocycles. The summed E-state index contributed by atoms with van der Waals surface area (Å²) >= 11 is 1.47. The second-order valence-electron chi connectivity index (χ2n) is 3.80. The number of aromatic nitrogens is 1. The number of carbonyl (C=O) groups is 1. The molecule has 2 N–H and O–H groups in total. The maximum Gasteiger partial charge on any atom is 0.264 e. The third-order valence-corrected chi connectivity index (χ3v) is 2.76. The Labute approximate surface area is 108 Å². The minimum Gasteiger partial charge on any atom is -0.360 e. The lowest BCUT2D eigenvalue weighted by molar-refractivity contribution is -0.116. The number of amides is 1. The van der Waals surface area contributed by atoms with E-state index in [1.807, 2.05) is 12.3 Å². The van der Waals surface area contributed by atoms with Gasteiger partial charge in [0.1, 0.15) is 0 Å². The van der Waals surface area contributed by atoms with Crippen LogP contribution in [0.1, 0.15) is 12.6 Å². The molecular formula is C11H15F2N3OS. The van der Waals surface area contributed by atoms with Crippen LogP contribution in [0.25, 0.3) is 0 Å². The molecule has 0 unspecified atom stereocenters. The molecule has 18 heavy (non-hydrogen) atoms. The normalized spacial score (nSPS) is 11.8. The number of carbonyl (C=O) groups excluding carboxylic acids is 1. The van der Waals surface area contributed by atoms with Gasteiger partial charge in [0.2, 0.25) is 5.91 Å². The third-order valence-electron chi connectivity index (χ3n) is 1.85. The zero-order valence-corrected chi connectivity index (χ0v) is 11.0. The second-order valence-corrected chi connectivity index (χ2v) is 4.66. The molecule has 0 fully saturated rings. The maximum absolute atomic E-state index is 12.4. The van der Waals surface area contributed by atoms with Crippen molar-refractivity contribution in [3.8, 4) is 0 Å². The topological polar surface area (TPSA) is 54.0 Å².